The van der Waals surface area contributed by atoms with Gasteiger partial charge in [-0.3, -0.25) is 9.59 Å². The highest BCUT2D eigenvalue weighted by Crippen LogP contribution is 2.32. The Kier molecular flexibility index (Phi) is 11.1. The molecule has 2 rings (SSSR count). The Morgan fingerprint density at radius 1 is 0.781 bits per heavy atom. The Hall–Kier alpha value is -2.04. The number of furan rings is 1. The zero-order chi connectivity index (χ0) is 23.4. The van der Waals surface area contributed by atoms with Crippen LogP contribution in [0.4, 0.5) is 0 Å². The number of rotatable bonds is 15. The van der Waals surface area contributed by atoms with Crippen molar-refractivity contribution in [2.75, 3.05) is 13.1 Å². The van der Waals surface area contributed by atoms with E-state index in [-0.39, 0.29) is 17.4 Å². The second kappa shape index (κ2) is 13.5. The van der Waals surface area contributed by atoms with Gasteiger partial charge in [-0.25, -0.2) is 0 Å². The standard InChI is InChI=1S/C27H44N2O3/c1-5-7-9-11-13-15-19-28-25(30)24(22-23-18-17-21-32-23)26(31)29(27(28,3)4)20-16-14-12-10-8-6-2/h17-18,21-22H,5-16,19-20H2,1-4H3. The number of nitrogens with zero attached hydrogens (tertiary/aromatic N) is 2. The molecule has 5 heteroatoms. The van der Waals surface area contributed by atoms with Crippen LogP contribution < -0.4 is 0 Å². The summed E-state index contributed by atoms with van der Waals surface area (Å²) in [6.45, 7) is 9.82. The minimum Gasteiger partial charge on any atom is -0.465 e. The predicted octanol–water partition coefficient (Wildman–Crippen LogP) is 6.79. The van der Waals surface area contributed by atoms with Crippen LogP contribution in [0, 0.1) is 0 Å². The molecule has 1 saturated heterocycles. The van der Waals surface area contributed by atoms with Gasteiger partial charge in [0, 0.05) is 13.1 Å². The third-order valence-electron chi connectivity index (χ3n) is 6.57. The molecule has 2 heterocycles. The number of amides is 2. The molecule has 0 unspecified atom stereocenters. The molecule has 0 aliphatic carbocycles. The second-order valence-corrected chi connectivity index (χ2v) is 9.52. The molecule has 180 valence electrons. The fourth-order valence-corrected chi connectivity index (χ4v) is 4.51. The topological polar surface area (TPSA) is 53.8 Å². The predicted molar refractivity (Wildman–Crippen MR) is 131 cm³/mol. The van der Waals surface area contributed by atoms with Crippen LogP contribution in [0.5, 0.6) is 0 Å². The van der Waals surface area contributed by atoms with Gasteiger partial charge in [0.1, 0.15) is 17.0 Å². The lowest BCUT2D eigenvalue weighted by Crippen LogP contribution is -2.66. The molecule has 2 amide bonds. The summed E-state index contributed by atoms with van der Waals surface area (Å²) in [5.41, 5.74) is -0.405. The van der Waals surface area contributed by atoms with Gasteiger partial charge in [0.2, 0.25) is 0 Å². The van der Waals surface area contributed by atoms with Crippen molar-refractivity contribution in [3.63, 3.8) is 0 Å². The first-order chi connectivity index (χ1) is 15.4. The van der Waals surface area contributed by atoms with Crippen molar-refractivity contribution in [2.24, 2.45) is 0 Å². The summed E-state index contributed by atoms with van der Waals surface area (Å²) in [6.07, 6.45) is 17.2. The first-order valence-corrected chi connectivity index (χ1v) is 12.8. The van der Waals surface area contributed by atoms with E-state index in [0.717, 1.165) is 25.7 Å². The van der Waals surface area contributed by atoms with Gasteiger partial charge in [-0.15, -0.1) is 0 Å². The number of unbranched alkanes of at least 4 members (excludes halogenated alkanes) is 10. The minimum absolute atomic E-state index is 0.177. The lowest BCUT2D eigenvalue weighted by Gasteiger charge is -2.50. The van der Waals surface area contributed by atoms with E-state index < -0.39 is 5.66 Å². The van der Waals surface area contributed by atoms with E-state index in [2.05, 4.69) is 13.8 Å². The molecule has 0 saturated carbocycles. The molecule has 1 aliphatic heterocycles. The zero-order valence-corrected chi connectivity index (χ0v) is 20.8. The van der Waals surface area contributed by atoms with Crippen molar-refractivity contribution in [3.8, 4) is 0 Å². The Labute approximate surface area is 195 Å². The largest absolute Gasteiger partial charge is 0.465 e. The van der Waals surface area contributed by atoms with Crippen molar-refractivity contribution in [1.29, 1.82) is 0 Å². The smallest absolute Gasteiger partial charge is 0.261 e. The van der Waals surface area contributed by atoms with Crippen molar-refractivity contribution < 1.29 is 14.0 Å². The Bertz CT molecular complexity index is 681. The van der Waals surface area contributed by atoms with E-state index in [9.17, 15) is 9.59 Å². The summed E-state index contributed by atoms with van der Waals surface area (Å²) in [4.78, 5) is 30.6. The average Bonchev–Trinajstić information content (AvgIpc) is 3.28. The Morgan fingerprint density at radius 3 is 1.69 bits per heavy atom. The van der Waals surface area contributed by atoms with Crippen LogP contribution in [0.25, 0.3) is 6.08 Å². The fraction of sp³-hybridized carbons (Fsp3) is 0.704. The van der Waals surface area contributed by atoms with E-state index in [4.69, 9.17) is 4.42 Å². The minimum atomic E-state index is -0.624. The van der Waals surface area contributed by atoms with Gasteiger partial charge in [-0.05, 0) is 44.9 Å². The molecule has 5 nitrogen and oxygen atoms in total. The van der Waals surface area contributed by atoms with Gasteiger partial charge in [-0.2, -0.15) is 0 Å². The van der Waals surface area contributed by atoms with Gasteiger partial charge in [-0.1, -0.05) is 78.1 Å². The number of carbonyl (C=O) groups is 2. The van der Waals surface area contributed by atoms with E-state index in [0.29, 0.717) is 18.8 Å². The maximum atomic E-state index is 13.4. The molecule has 0 bridgehead atoms. The number of hydrogen-bond acceptors (Lipinski definition) is 3. The van der Waals surface area contributed by atoms with Crippen molar-refractivity contribution in [2.45, 2.75) is 110 Å². The molecule has 1 aliphatic rings. The van der Waals surface area contributed by atoms with Crippen LogP contribution in [0.15, 0.2) is 28.4 Å². The third-order valence-corrected chi connectivity index (χ3v) is 6.57. The van der Waals surface area contributed by atoms with Gasteiger partial charge in [0.25, 0.3) is 11.8 Å². The summed E-state index contributed by atoms with van der Waals surface area (Å²) >= 11 is 0. The lowest BCUT2D eigenvalue weighted by molar-refractivity contribution is -0.160. The van der Waals surface area contributed by atoms with Gasteiger partial charge >= 0.3 is 0 Å². The quantitative estimate of drug-likeness (QED) is 0.170. The highest BCUT2D eigenvalue weighted by atomic mass is 16.3. The van der Waals surface area contributed by atoms with Crippen LogP contribution >= 0.6 is 0 Å². The van der Waals surface area contributed by atoms with Crippen LogP contribution in [-0.4, -0.2) is 40.4 Å². The Morgan fingerprint density at radius 2 is 1.25 bits per heavy atom. The monoisotopic (exact) mass is 444 g/mol. The summed E-state index contributed by atoms with van der Waals surface area (Å²) in [5.74, 6) is 0.189. The molecular formula is C27H44N2O3. The average molecular weight is 445 g/mol. The van der Waals surface area contributed by atoms with Crippen molar-refractivity contribution in [3.05, 3.63) is 29.7 Å². The SMILES string of the molecule is CCCCCCCCN1C(=O)C(=Cc2ccco2)C(=O)N(CCCCCCCC)C1(C)C. The number of hydrogen-bond donors (Lipinski definition) is 0. The highest BCUT2D eigenvalue weighted by molar-refractivity contribution is 6.23. The lowest BCUT2D eigenvalue weighted by atomic mass is 9.98. The molecular weight excluding hydrogens is 400 g/mol. The summed E-state index contributed by atoms with van der Waals surface area (Å²) < 4.78 is 5.41. The van der Waals surface area contributed by atoms with Crippen molar-refractivity contribution >= 4 is 17.9 Å². The van der Waals surface area contributed by atoms with Gasteiger partial charge in [0.05, 0.1) is 6.26 Å². The Balaban J connectivity index is 2.12. The van der Waals surface area contributed by atoms with Crippen LogP contribution in [0.3, 0.4) is 0 Å². The van der Waals surface area contributed by atoms with Crippen molar-refractivity contribution in [1.82, 2.24) is 9.80 Å². The van der Waals surface area contributed by atoms with E-state index in [1.807, 2.05) is 23.6 Å². The molecule has 0 aromatic carbocycles. The first-order valence-electron chi connectivity index (χ1n) is 12.8. The molecule has 0 atom stereocenters. The molecule has 1 aromatic rings. The molecule has 0 radical (unpaired) electrons. The molecule has 32 heavy (non-hydrogen) atoms. The molecule has 0 N–H and O–H groups in total. The molecule has 1 aromatic heterocycles. The van der Waals surface area contributed by atoms with Gasteiger partial charge < -0.3 is 14.2 Å². The maximum Gasteiger partial charge on any atom is 0.261 e. The first kappa shape index (κ1) is 26.2. The second-order valence-electron chi connectivity index (χ2n) is 9.52. The van der Waals surface area contributed by atoms with E-state index in [1.54, 1.807) is 24.5 Å². The zero-order valence-electron chi connectivity index (χ0n) is 20.8. The molecule has 1 fully saturated rings. The van der Waals surface area contributed by atoms with Gasteiger partial charge in [0.15, 0.2) is 0 Å². The highest BCUT2D eigenvalue weighted by Gasteiger charge is 2.47. The summed E-state index contributed by atoms with van der Waals surface area (Å²) in [7, 11) is 0. The fourth-order valence-electron chi connectivity index (χ4n) is 4.51. The third kappa shape index (κ3) is 7.25. The van der Waals surface area contributed by atoms with Crippen LogP contribution in [0.1, 0.15) is 111 Å². The number of carbonyl (C=O) groups excluding carboxylic acids is 2. The summed E-state index contributed by atoms with van der Waals surface area (Å²) in [5, 5.41) is 0. The molecule has 0 spiro atoms. The van der Waals surface area contributed by atoms with Crippen LogP contribution in [0.2, 0.25) is 0 Å². The maximum absolute atomic E-state index is 13.4. The summed E-state index contributed by atoms with van der Waals surface area (Å²) in [6, 6.07) is 3.56. The van der Waals surface area contributed by atoms with Crippen LogP contribution in [-0.2, 0) is 9.59 Å². The normalized spacial score (nSPS) is 16.2. The van der Waals surface area contributed by atoms with E-state index >= 15 is 0 Å². The van der Waals surface area contributed by atoms with E-state index in [1.165, 1.54) is 51.4 Å².